The van der Waals surface area contributed by atoms with E-state index in [2.05, 4.69) is 21.0 Å². The predicted octanol–water partition coefficient (Wildman–Crippen LogP) is 2.77. The molecule has 9 nitrogen and oxygen atoms in total. The van der Waals surface area contributed by atoms with Gasteiger partial charge in [-0.15, -0.1) is 0 Å². The number of hydrogen-bond acceptors (Lipinski definition) is 8. The van der Waals surface area contributed by atoms with Gasteiger partial charge in [-0.3, -0.25) is 10.2 Å². The maximum absolute atomic E-state index is 12.4. The second kappa shape index (κ2) is 7.47. The van der Waals surface area contributed by atoms with Crippen molar-refractivity contribution >= 4 is 34.1 Å². The maximum atomic E-state index is 12.4. The van der Waals surface area contributed by atoms with Crippen molar-refractivity contribution in [2.24, 2.45) is 5.10 Å². The number of hydrazone groups is 1. The zero-order valence-electron chi connectivity index (χ0n) is 13.6. The Morgan fingerprint density at radius 3 is 2.67 bits per heavy atom. The summed E-state index contributed by atoms with van der Waals surface area (Å²) in [6.45, 7) is 0. The minimum absolute atomic E-state index is 0.186. The molecule has 0 fully saturated rings. The average molecular weight is 355 g/mol. The highest BCUT2D eigenvalue weighted by Gasteiger charge is 2.14. The van der Waals surface area contributed by atoms with Crippen molar-refractivity contribution in [3.05, 3.63) is 53.6 Å². The molecule has 0 radical (unpaired) electrons. The summed E-state index contributed by atoms with van der Waals surface area (Å²) in [5.74, 6) is -0.263. The van der Waals surface area contributed by atoms with E-state index in [4.69, 9.17) is 20.3 Å². The zero-order valence-corrected chi connectivity index (χ0v) is 13.6. The first kappa shape index (κ1) is 17.2. The number of anilines is 2. The van der Waals surface area contributed by atoms with Crippen LogP contribution in [0.4, 0.5) is 11.5 Å². The lowest BCUT2D eigenvalue weighted by molar-refractivity contribution is 0.102. The predicted molar refractivity (Wildman–Crippen MR) is 95.4 cm³/mol. The fraction of sp³-hybridized carbons (Fsp3) is 0. The van der Waals surface area contributed by atoms with Crippen LogP contribution in [0.2, 0.25) is 0 Å². The van der Waals surface area contributed by atoms with Gasteiger partial charge < -0.3 is 9.84 Å². The van der Waals surface area contributed by atoms with Crippen LogP contribution in [0.1, 0.15) is 15.9 Å². The van der Waals surface area contributed by atoms with Crippen molar-refractivity contribution in [3.8, 4) is 18.2 Å². The van der Waals surface area contributed by atoms with Gasteiger partial charge in [-0.05, 0) is 36.4 Å². The van der Waals surface area contributed by atoms with E-state index >= 15 is 0 Å². The third-order valence-electron chi connectivity index (χ3n) is 3.46. The molecule has 0 aliphatic carbocycles. The SMILES string of the molecule is N#CC(C#N)=NNc1ccc2onc(NC(=O)c3cccc(C#N)c3)c2c1. The number of carbonyl (C=O) groups is 1. The third kappa shape index (κ3) is 3.71. The molecule has 1 amide bonds. The van der Waals surface area contributed by atoms with E-state index in [9.17, 15) is 4.79 Å². The number of hydrogen-bond donors (Lipinski definition) is 2. The van der Waals surface area contributed by atoms with E-state index in [1.165, 1.54) is 6.07 Å². The van der Waals surface area contributed by atoms with Gasteiger partial charge in [0.1, 0.15) is 12.1 Å². The standard InChI is InChI=1S/C18H9N7O2/c19-8-11-2-1-3-12(6-11)18(26)22-17-15-7-13(4-5-16(15)27-25-17)23-24-14(9-20)10-21/h1-7,23H,(H,22,25,26). The molecule has 0 aliphatic rings. The molecule has 0 atom stereocenters. The van der Waals surface area contributed by atoms with Gasteiger partial charge in [-0.25, -0.2) is 0 Å². The number of nitrogens with one attached hydrogen (secondary N) is 2. The van der Waals surface area contributed by atoms with Crippen LogP contribution in [0, 0.1) is 34.0 Å². The monoisotopic (exact) mass is 355 g/mol. The van der Waals surface area contributed by atoms with Crippen molar-refractivity contribution in [1.29, 1.82) is 15.8 Å². The number of nitrogens with zero attached hydrogens (tertiary/aromatic N) is 5. The minimum atomic E-state index is -0.449. The van der Waals surface area contributed by atoms with E-state index in [-0.39, 0.29) is 11.5 Å². The lowest BCUT2D eigenvalue weighted by Crippen LogP contribution is -2.12. The Bertz CT molecular complexity index is 1170. The van der Waals surface area contributed by atoms with Gasteiger partial charge in [0.2, 0.25) is 5.71 Å². The largest absolute Gasteiger partial charge is 0.354 e. The second-order valence-electron chi connectivity index (χ2n) is 5.18. The fourth-order valence-corrected chi connectivity index (χ4v) is 2.20. The molecule has 0 aliphatic heterocycles. The molecule has 0 saturated carbocycles. The van der Waals surface area contributed by atoms with Crippen molar-refractivity contribution in [2.75, 3.05) is 10.7 Å². The van der Waals surface area contributed by atoms with Crippen LogP contribution < -0.4 is 10.7 Å². The topological polar surface area (TPSA) is 151 Å². The molecule has 0 bridgehead atoms. The normalized spacial score (nSPS) is 9.52. The highest BCUT2D eigenvalue weighted by Crippen LogP contribution is 2.26. The van der Waals surface area contributed by atoms with E-state index in [1.54, 1.807) is 48.5 Å². The smallest absolute Gasteiger partial charge is 0.256 e. The lowest BCUT2D eigenvalue weighted by atomic mass is 10.1. The van der Waals surface area contributed by atoms with Crippen LogP contribution in [0.15, 0.2) is 52.1 Å². The van der Waals surface area contributed by atoms with Crippen LogP contribution in [0.25, 0.3) is 11.0 Å². The van der Waals surface area contributed by atoms with Gasteiger partial charge >= 0.3 is 0 Å². The van der Waals surface area contributed by atoms with Gasteiger partial charge in [-0.1, -0.05) is 11.2 Å². The number of nitriles is 3. The number of benzene rings is 2. The molecule has 9 heteroatoms. The van der Waals surface area contributed by atoms with Gasteiger partial charge in [0.25, 0.3) is 5.91 Å². The highest BCUT2D eigenvalue weighted by atomic mass is 16.5. The van der Waals surface area contributed by atoms with Gasteiger partial charge in [-0.2, -0.15) is 20.9 Å². The molecule has 0 unspecified atom stereocenters. The Hall–Kier alpha value is -4.68. The molecule has 2 N–H and O–H groups in total. The molecule has 2 aromatic carbocycles. The molecule has 3 aromatic rings. The number of fused-ring (bicyclic) bond motifs is 1. The molecule has 128 valence electrons. The van der Waals surface area contributed by atoms with E-state index in [0.717, 1.165) is 0 Å². The first-order chi connectivity index (χ1) is 13.1. The Morgan fingerprint density at radius 2 is 1.93 bits per heavy atom. The van der Waals surface area contributed by atoms with Crippen LogP contribution in [-0.2, 0) is 0 Å². The van der Waals surface area contributed by atoms with Gasteiger partial charge in [0.15, 0.2) is 11.4 Å². The maximum Gasteiger partial charge on any atom is 0.256 e. The minimum Gasteiger partial charge on any atom is -0.354 e. The molecule has 27 heavy (non-hydrogen) atoms. The molecule has 3 rings (SSSR count). The quantitative estimate of drug-likeness (QED) is 0.539. The van der Waals surface area contributed by atoms with Crippen molar-refractivity contribution < 1.29 is 9.32 Å². The first-order valence-corrected chi connectivity index (χ1v) is 7.49. The van der Waals surface area contributed by atoms with E-state index < -0.39 is 5.91 Å². The summed E-state index contributed by atoms with van der Waals surface area (Å²) in [5.41, 5.74) is 3.81. The Balaban J connectivity index is 1.87. The van der Waals surface area contributed by atoms with Gasteiger partial charge in [0, 0.05) is 5.56 Å². The highest BCUT2D eigenvalue weighted by molar-refractivity contribution is 6.10. The summed E-state index contributed by atoms with van der Waals surface area (Å²) in [5, 5.41) is 36.9. The Kier molecular flexibility index (Phi) is 4.75. The number of carbonyl (C=O) groups excluding carboxylic acids is 1. The van der Waals surface area contributed by atoms with Gasteiger partial charge in [0.05, 0.1) is 22.7 Å². The van der Waals surface area contributed by atoms with Crippen LogP contribution >= 0.6 is 0 Å². The van der Waals surface area contributed by atoms with E-state index in [1.807, 2.05) is 6.07 Å². The van der Waals surface area contributed by atoms with Crippen LogP contribution in [0.5, 0.6) is 0 Å². The summed E-state index contributed by atoms with van der Waals surface area (Å²) in [4.78, 5) is 12.4. The fourth-order valence-electron chi connectivity index (χ4n) is 2.20. The molecular formula is C18H9N7O2. The second-order valence-corrected chi connectivity index (χ2v) is 5.18. The summed E-state index contributed by atoms with van der Waals surface area (Å²) in [7, 11) is 0. The summed E-state index contributed by atoms with van der Waals surface area (Å²) in [6.07, 6.45) is 0. The van der Waals surface area contributed by atoms with Crippen LogP contribution in [-0.4, -0.2) is 16.8 Å². The molecule has 1 heterocycles. The van der Waals surface area contributed by atoms with Crippen molar-refractivity contribution in [3.63, 3.8) is 0 Å². The third-order valence-corrected chi connectivity index (χ3v) is 3.46. The van der Waals surface area contributed by atoms with Crippen molar-refractivity contribution in [2.45, 2.75) is 0 Å². The zero-order chi connectivity index (χ0) is 19.2. The molecule has 0 spiro atoms. The first-order valence-electron chi connectivity index (χ1n) is 7.49. The number of amides is 1. The van der Waals surface area contributed by atoms with Crippen LogP contribution in [0.3, 0.4) is 0 Å². The summed E-state index contributed by atoms with van der Waals surface area (Å²) >= 11 is 0. The van der Waals surface area contributed by atoms with E-state index in [0.29, 0.717) is 27.8 Å². The average Bonchev–Trinajstić information content (AvgIpc) is 3.11. The lowest BCUT2D eigenvalue weighted by Gasteiger charge is -2.03. The number of aromatic nitrogens is 1. The number of rotatable bonds is 4. The molecule has 1 aromatic heterocycles. The molecular weight excluding hydrogens is 346 g/mol. The van der Waals surface area contributed by atoms with Crippen molar-refractivity contribution in [1.82, 2.24) is 5.16 Å². The summed E-state index contributed by atoms with van der Waals surface area (Å²) in [6, 6.07) is 16.3. The summed E-state index contributed by atoms with van der Waals surface area (Å²) < 4.78 is 5.17. The Labute approximate surface area is 152 Å². The Morgan fingerprint density at radius 1 is 1.11 bits per heavy atom. The molecule has 0 saturated heterocycles.